The first-order valence-corrected chi connectivity index (χ1v) is 9.18. The van der Waals surface area contributed by atoms with Gasteiger partial charge in [-0.05, 0) is 0 Å². The smallest absolute Gasteiger partial charge is 0.329 e. The summed E-state index contributed by atoms with van der Waals surface area (Å²) in [6.07, 6.45) is 0.517. The maximum Gasteiger partial charge on any atom is 0.329 e. The lowest BCUT2D eigenvalue weighted by Crippen LogP contribution is -2.39. The number of hydrogen-bond donors (Lipinski definition) is 1. The second-order valence-electron chi connectivity index (χ2n) is 4.46. The van der Waals surface area contributed by atoms with Crippen LogP contribution in [0.3, 0.4) is 0 Å². The molecule has 0 aromatic rings. The predicted octanol–water partition coefficient (Wildman–Crippen LogP) is 1.23. The van der Waals surface area contributed by atoms with Crippen LogP contribution in [0.15, 0.2) is 0 Å². The number of esters is 1. The van der Waals surface area contributed by atoms with Gasteiger partial charge in [-0.1, -0.05) is 31.4 Å². The van der Waals surface area contributed by atoms with Crippen molar-refractivity contribution >= 4 is 31.0 Å². The highest BCUT2D eigenvalue weighted by Gasteiger charge is 2.30. The summed E-state index contributed by atoms with van der Waals surface area (Å²) in [5, 5.41) is 2.42. The molecule has 0 unspecified atom stereocenters. The molecule has 1 rings (SSSR count). The molecule has 0 bridgehead atoms. The largest absolute Gasteiger partial charge is 0.468 e. The van der Waals surface area contributed by atoms with Gasteiger partial charge in [-0.15, -0.1) is 0 Å². The number of thioether (sulfide) groups is 1. The van der Waals surface area contributed by atoms with Gasteiger partial charge in [-0.3, -0.25) is 4.79 Å². The van der Waals surface area contributed by atoms with Gasteiger partial charge in [-0.25, -0.2) is 4.79 Å². The van der Waals surface area contributed by atoms with E-state index < -0.39 is 14.1 Å². The molecular formula is C8H15NO3SSi. The molecule has 80 valence electrons. The molecule has 1 atom stereocenters. The quantitative estimate of drug-likeness (QED) is 0.588. The highest BCUT2D eigenvalue weighted by molar-refractivity contribution is 8.14. The molecule has 1 heterocycles. The maximum absolute atomic E-state index is 11.4. The molecule has 0 aliphatic carbocycles. The van der Waals surface area contributed by atoms with Crippen molar-refractivity contribution < 1.29 is 14.3 Å². The van der Waals surface area contributed by atoms with Gasteiger partial charge in [0.05, 0.1) is 14.3 Å². The second kappa shape index (κ2) is 4.35. The Kier molecular flexibility index (Phi) is 3.60. The third-order valence-electron chi connectivity index (χ3n) is 1.61. The number of carbonyl (C=O) groups excluding carboxylic acids is 2. The van der Waals surface area contributed by atoms with Crippen LogP contribution in [0.5, 0.6) is 0 Å². The van der Waals surface area contributed by atoms with E-state index in [-0.39, 0.29) is 11.2 Å². The molecule has 0 aromatic heterocycles. The van der Waals surface area contributed by atoms with Crippen molar-refractivity contribution in [3.8, 4) is 0 Å². The molecule has 1 aliphatic rings. The fraction of sp³-hybridized carbons (Fsp3) is 0.750. The van der Waals surface area contributed by atoms with Crippen molar-refractivity contribution in [2.45, 2.75) is 25.7 Å². The Balaban J connectivity index is 2.32. The van der Waals surface area contributed by atoms with Gasteiger partial charge in [0.1, 0.15) is 6.04 Å². The van der Waals surface area contributed by atoms with E-state index in [1.807, 2.05) is 0 Å². The van der Waals surface area contributed by atoms with E-state index in [1.165, 1.54) is 0 Å². The van der Waals surface area contributed by atoms with E-state index in [9.17, 15) is 9.59 Å². The Labute approximate surface area is 88.8 Å². The molecule has 6 heteroatoms. The second-order valence-corrected chi connectivity index (χ2v) is 10.9. The standard InChI is InChI=1S/C8H15NO3SSi/c1-14(2,3)5-12-7(10)6-4-13-8(11)9-6/h6H,4-5H2,1-3H3,(H,9,11)/t6-/m0/s1. The molecule has 1 amide bonds. The third kappa shape index (κ3) is 3.71. The van der Waals surface area contributed by atoms with Crippen LogP contribution in [-0.4, -0.2) is 37.3 Å². The summed E-state index contributed by atoms with van der Waals surface area (Å²) in [5.74, 6) is 0.189. The fourth-order valence-corrected chi connectivity index (χ4v) is 2.24. The molecule has 14 heavy (non-hydrogen) atoms. The Morgan fingerprint density at radius 2 is 2.29 bits per heavy atom. The average molecular weight is 233 g/mol. The SMILES string of the molecule is C[Si](C)(C)COC(=O)[C@@H]1CSC(=O)N1. The molecule has 4 nitrogen and oxygen atoms in total. The van der Waals surface area contributed by atoms with Crippen LogP contribution < -0.4 is 5.32 Å². The van der Waals surface area contributed by atoms with Crippen LogP contribution in [0.25, 0.3) is 0 Å². The molecule has 1 aliphatic heterocycles. The van der Waals surface area contributed by atoms with Crippen molar-refractivity contribution in [3.63, 3.8) is 0 Å². The zero-order valence-corrected chi connectivity index (χ0v) is 10.4. The third-order valence-corrected chi connectivity index (χ3v) is 3.50. The van der Waals surface area contributed by atoms with Gasteiger partial charge >= 0.3 is 5.97 Å². The molecule has 1 fully saturated rings. The minimum Gasteiger partial charge on any atom is -0.468 e. The lowest BCUT2D eigenvalue weighted by molar-refractivity contribution is -0.143. The number of hydrogen-bond acceptors (Lipinski definition) is 4. The van der Waals surface area contributed by atoms with Crippen LogP contribution >= 0.6 is 11.8 Å². The lowest BCUT2D eigenvalue weighted by atomic mass is 10.3. The summed E-state index contributed by atoms with van der Waals surface area (Å²) in [4.78, 5) is 22.2. The van der Waals surface area contributed by atoms with Crippen molar-refractivity contribution in [1.29, 1.82) is 0 Å². The van der Waals surface area contributed by atoms with E-state index in [2.05, 4.69) is 25.0 Å². The van der Waals surface area contributed by atoms with E-state index in [1.54, 1.807) is 0 Å². The molecule has 0 spiro atoms. The van der Waals surface area contributed by atoms with Crippen LogP contribution in [0.2, 0.25) is 19.6 Å². The monoisotopic (exact) mass is 233 g/mol. The molecule has 1 saturated heterocycles. The first-order chi connectivity index (χ1) is 6.38. The number of ether oxygens (including phenoxy) is 1. The topological polar surface area (TPSA) is 55.4 Å². The zero-order valence-electron chi connectivity index (χ0n) is 8.62. The first-order valence-electron chi connectivity index (χ1n) is 4.48. The maximum atomic E-state index is 11.4. The van der Waals surface area contributed by atoms with Crippen molar-refractivity contribution in [1.82, 2.24) is 5.32 Å². The predicted molar refractivity (Wildman–Crippen MR) is 59.1 cm³/mol. The summed E-state index contributed by atoms with van der Waals surface area (Å²) < 4.78 is 5.13. The summed E-state index contributed by atoms with van der Waals surface area (Å²) in [6.45, 7) is 6.38. The van der Waals surface area contributed by atoms with Gasteiger partial charge < -0.3 is 10.1 Å². The normalized spacial score (nSPS) is 21.9. The number of amides is 1. The summed E-state index contributed by atoms with van der Waals surface area (Å²) >= 11 is 1.13. The molecule has 0 saturated carbocycles. The summed E-state index contributed by atoms with van der Waals surface area (Å²) in [5.41, 5.74) is 0. The van der Waals surface area contributed by atoms with Gasteiger partial charge in [-0.2, -0.15) is 0 Å². The Morgan fingerprint density at radius 1 is 1.64 bits per heavy atom. The molecular weight excluding hydrogens is 218 g/mol. The average Bonchev–Trinajstić information content (AvgIpc) is 2.46. The molecule has 1 N–H and O–H groups in total. The van der Waals surface area contributed by atoms with E-state index in [0.717, 1.165) is 11.8 Å². The number of nitrogens with one attached hydrogen (secondary N) is 1. The molecule has 0 aromatic carbocycles. The minimum atomic E-state index is -1.35. The van der Waals surface area contributed by atoms with E-state index in [0.29, 0.717) is 12.0 Å². The summed E-state index contributed by atoms with van der Waals surface area (Å²) in [6, 6.07) is -0.441. The minimum absolute atomic E-state index is 0.139. The Hall–Kier alpha value is -0.493. The highest BCUT2D eigenvalue weighted by Crippen LogP contribution is 2.14. The first kappa shape index (κ1) is 11.6. The van der Waals surface area contributed by atoms with Crippen LogP contribution in [-0.2, 0) is 9.53 Å². The van der Waals surface area contributed by atoms with Gasteiger partial charge in [0.25, 0.3) is 5.24 Å². The number of rotatable bonds is 3. The highest BCUT2D eigenvalue weighted by atomic mass is 32.2. The Bertz CT molecular complexity index is 251. The van der Waals surface area contributed by atoms with Crippen molar-refractivity contribution in [3.05, 3.63) is 0 Å². The summed E-state index contributed by atoms with van der Waals surface area (Å²) in [7, 11) is -1.35. The zero-order chi connectivity index (χ0) is 10.8. The molecule has 0 radical (unpaired) electrons. The lowest BCUT2D eigenvalue weighted by Gasteiger charge is -2.17. The van der Waals surface area contributed by atoms with Crippen molar-refractivity contribution in [2.75, 3.05) is 12.0 Å². The van der Waals surface area contributed by atoms with Gasteiger partial charge in [0.15, 0.2) is 0 Å². The number of carbonyl (C=O) groups is 2. The van der Waals surface area contributed by atoms with Gasteiger partial charge in [0.2, 0.25) is 0 Å². The van der Waals surface area contributed by atoms with Crippen LogP contribution in [0.4, 0.5) is 4.79 Å². The van der Waals surface area contributed by atoms with Crippen LogP contribution in [0, 0.1) is 0 Å². The van der Waals surface area contributed by atoms with Gasteiger partial charge in [0, 0.05) is 5.75 Å². The fourth-order valence-electron chi connectivity index (χ4n) is 0.900. The van der Waals surface area contributed by atoms with Crippen molar-refractivity contribution in [2.24, 2.45) is 0 Å². The van der Waals surface area contributed by atoms with Crippen LogP contribution in [0.1, 0.15) is 0 Å². The van der Waals surface area contributed by atoms with E-state index >= 15 is 0 Å². The Morgan fingerprint density at radius 3 is 2.71 bits per heavy atom. The van der Waals surface area contributed by atoms with E-state index in [4.69, 9.17) is 4.74 Å².